The van der Waals surface area contributed by atoms with Crippen LogP contribution in [0.5, 0.6) is 0 Å². The molecular formula is C27H21F4N5O2. The van der Waals surface area contributed by atoms with Crippen LogP contribution in [0.3, 0.4) is 0 Å². The van der Waals surface area contributed by atoms with Gasteiger partial charge in [0.25, 0.3) is 5.91 Å². The number of aliphatic hydroxyl groups excluding tert-OH is 1. The van der Waals surface area contributed by atoms with Crippen molar-refractivity contribution in [2.75, 3.05) is 5.32 Å². The molecule has 0 aliphatic rings. The predicted octanol–water partition coefficient (Wildman–Crippen LogP) is 5.87. The summed E-state index contributed by atoms with van der Waals surface area (Å²) >= 11 is 0. The smallest absolute Gasteiger partial charge is 0.387 e. The fourth-order valence-electron chi connectivity index (χ4n) is 4.29. The molecule has 194 valence electrons. The van der Waals surface area contributed by atoms with Gasteiger partial charge in [0, 0.05) is 30.6 Å². The minimum Gasteiger partial charge on any atom is -0.387 e. The van der Waals surface area contributed by atoms with Crippen LogP contribution >= 0.6 is 0 Å². The summed E-state index contributed by atoms with van der Waals surface area (Å²) in [6.07, 6.45) is -1.17. The van der Waals surface area contributed by atoms with E-state index in [9.17, 15) is 23.1 Å². The van der Waals surface area contributed by atoms with E-state index in [0.717, 1.165) is 6.07 Å². The Morgan fingerprint density at radius 3 is 2.42 bits per heavy atom. The van der Waals surface area contributed by atoms with Crippen LogP contribution in [0, 0.1) is 5.82 Å². The van der Waals surface area contributed by atoms with Gasteiger partial charge in [-0.05, 0) is 36.8 Å². The van der Waals surface area contributed by atoms with Crippen molar-refractivity contribution in [3.63, 3.8) is 0 Å². The van der Waals surface area contributed by atoms with Crippen molar-refractivity contribution in [3.05, 3.63) is 95.8 Å². The first-order valence-electron chi connectivity index (χ1n) is 11.5. The summed E-state index contributed by atoms with van der Waals surface area (Å²) < 4.78 is 59.2. The van der Waals surface area contributed by atoms with Crippen LogP contribution in [-0.2, 0) is 13.2 Å². The fraction of sp³-hybridized carbons (Fsp3) is 0.148. The average Bonchev–Trinajstić information content (AvgIpc) is 3.50. The van der Waals surface area contributed by atoms with Crippen molar-refractivity contribution in [1.29, 1.82) is 0 Å². The molecule has 0 aliphatic heterocycles. The Balaban J connectivity index is 1.66. The number of carbonyl (C=O) groups is 1. The van der Waals surface area contributed by atoms with E-state index in [1.165, 1.54) is 30.2 Å². The normalized spacial score (nSPS) is 12.6. The number of aliphatic hydroxyl groups is 1. The molecular weight excluding hydrogens is 502 g/mol. The second kappa shape index (κ2) is 9.42. The molecule has 1 unspecified atom stereocenters. The molecule has 0 aliphatic carbocycles. The van der Waals surface area contributed by atoms with Crippen molar-refractivity contribution >= 4 is 17.2 Å². The lowest BCUT2D eigenvalue weighted by Gasteiger charge is -2.16. The number of nitrogens with one attached hydrogen (secondary N) is 1. The lowest BCUT2D eigenvalue weighted by Crippen LogP contribution is -2.18. The fourth-order valence-corrected chi connectivity index (χ4v) is 4.29. The molecule has 2 N–H and O–H groups in total. The maximum atomic E-state index is 15.0. The number of anilines is 1. The molecule has 2 aromatic carbocycles. The summed E-state index contributed by atoms with van der Waals surface area (Å²) in [5.41, 5.74) is -0.135. The van der Waals surface area contributed by atoms with Gasteiger partial charge in [-0.25, -0.2) is 9.37 Å². The first kappa shape index (κ1) is 25.2. The summed E-state index contributed by atoms with van der Waals surface area (Å²) in [6.45, 7) is 1.56. The van der Waals surface area contributed by atoms with Gasteiger partial charge >= 0.3 is 6.18 Å². The molecule has 0 bridgehead atoms. The topological polar surface area (TPSA) is 84.5 Å². The van der Waals surface area contributed by atoms with E-state index in [1.54, 1.807) is 47.9 Å². The summed E-state index contributed by atoms with van der Waals surface area (Å²) in [4.78, 5) is 17.8. The number of alkyl halides is 3. The maximum Gasteiger partial charge on any atom is 0.417 e. The van der Waals surface area contributed by atoms with E-state index in [1.807, 2.05) is 6.07 Å². The molecule has 1 amide bonds. The molecule has 0 saturated heterocycles. The van der Waals surface area contributed by atoms with E-state index in [4.69, 9.17) is 0 Å². The third-order valence-corrected chi connectivity index (χ3v) is 6.11. The van der Waals surface area contributed by atoms with E-state index < -0.39 is 40.7 Å². The maximum absolute atomic E-state index is 15.0. The van der Waals surface area contributed by atoms with Crippen molar-refractivity contribution in [1.82, 2.24) is 19.2 Å². The molecule has 0 radical (unpaired) electrons. The summed E-state index contributed by atoms with van der Waals surface area (Å²) in [7, 11) is 1.53. The first-order valence-corrected chi connectivity index (χ1v) is 11.5. The molecule has 0 spiro atoms. The number of benzene rings is 2. The number of carbonyl (C=O) groups excluding carboxylic acids is 1. The molecule has 3 aromatic heterocycles. The van der Waals surface area contributed by atoms with Gasteiger partial charge in [-0.1, -0.05) is 30.3 Å². The monoisotopic (exact) mass is 523 g/mol. The van der Waals surface area contributed by atoms with Gasteiger partial charge in [0.2, 0.25) is 0 Å². The van der Waals surface area contributed by atoms with E-state index in [2.05, 4.69) is 15.4 Å². The van der Waals surface area contributed by atoms with E-state index >= 15 is 4.39 Å². The van der Waals surface area contributed by atoms with Crippen LogP contribution in [0.4, 0.5) is 23.2 Å². The van der Waals surface area contributed by atoms with Gasteiger partial charge in [0.05, 0.1) is 40.5 Å². The third kappa shape index (κ3) is 4.52. The van der Waals surface area contributed by atoms with Gasteiger partial charge in [-0.2, -0.15) is 18.3 Å². The number of aromatic nitrogens is 4. The van der Waals surface area contributed by atoms with Gasteiger partial charge in [-0.15, -0.1) is 0 Å². The highest BCUT2D eigenvalue weighted by molar-refractivity contribution is 6.09. The molecule has 11 heteroatoms. The summed E-state index contributed by atoms with van der Waals surface area (Å²) in [6, 6.07) is 13.2. The average molecular weight is 523 g/mol. The number of amides is 1. The Bertz CT molecular complexity index is 1660. The number of aryl methyl sites for hydroxylation is 1. The predicted molar refractivity (Wildman–Crippen MR) is 133 cm³/mol. The number of pyridine rings is 1. The molecule has 5 aromatic rings. The second-order valence-electron chi connectivity index (χ2n) is 8.73. The van der Waals surface area contributed by atoms with E-state index in [-0.39, 0.29) is 17.0 Å². The molecule has 0 fully saturated rings. The number of halogens is 4. The number of rotatable bonds is 5. The Morgan fingerprint density at radius 1 is 1.05 bits per heavy atom. The largest absolute Gasteiger partial charge is 0.417 e. The number of imidazole rings is 1. The number of fused-ring (bicyclic) bond motifs is 1. The van der Waals surface area contributed by atoms with Crippen LogP contribution in [-0.4, -0.2) is 30.2 Å². The van der Waals surface area contributed by atoms with Crippen molar-refractivity contribution in [2.24, 2.45) is 7.05 Å². The standard InChI is InChI=1S/C27H21F4N5O2/c1-15(37)23-14-32-25-24(17(8-11-36(23)25)16-6-4-3-5-7-16)33-26(38)19-12-18(22-9-10-35(2)34-22)20(13-21(19)28)27(29,30)31/h3-15,37H,1-2H3,(H,33,38). The van der Waals surface area contributed by atoms with Gasteiger partial charge in [-0.3, -0.25) is 13.9 Å². The van der Waals surface area contributed by atoms with Gasteiger partial charge < -0.3 is 10.4 Å². The molecule has 7 nitrogen and oxygen atoms in total. The minimum atomic E-state index is -4.87. The van der Waals surface area contributed by atoms with Crippen LogP contribution in [0.1, 0.15) is 34.6 Å². The Kier molecular flexibility index (Phi) is 6.23. The molecule has 3 heterocycles. The number of nitrogens with zero attached hydrogens (tertiary/aromatic N) is 4. The Morgan fingerprint density at radius 2 is 1.79 bits per heavy atom. The highest BCUT2D eigenvalue weighted by Gasteiger charge is 2.36. The quantitative estimate of drug-likeness (QED) is 0.283. The Labute approximate surface area is 214 Å². The summed E-state index contributed by atoms with van der Waals surface area (Å²) in [5.74, 6) is -2.31. The van der Waals surface area contributed by atoms with E-state index in [0.29, 0.717) is 22.9 Å². The van der Waals surface area contributed by atoms with Crippen molar-refractivity contribution < 1.29 is 27.5 Å². The highest BCUT2D eigenvalue weighted by atomic mass is 19.4. The zero-order chi connectivity index (χ0) is 27.2. The molecule has 0 saturated carbocycles. The van der Waals surface area contributed by atoms with Crippen molar-refractivity contribution in [2.45, 2.75) is 19.2 Å². The van der Waals surface area contributed by atoms with Crippen LogP contribution in [0.15, 0.2) is 73.2 Å². The SMILES string of the molecule is CC(O)c1cnc2c(NC(=O)c3cc(-c4ccn(C)n4)c(C(F)(F)F)cc3F)c(-c3ccccc3)ccn12. The highest BCUT2D eigenvalue weighted by Crippen LogP contribution is 2.39. The first-order chi connectivity index (χ1) is 18.0. The third-order valence-electron chi connectivity index (χ3n) is 6.11. The lowest BCUT2D eigenvalue weighted by molar-refractivity contribution is -0.137. The van der Waals surface area contributed by atoms with Crippen LogP contribution in [0.2, 0.25) is 0 Å². The summed E-state index contributed by atoms with van der Waals surface area (Å²) in [5, 5.41) is 16.8. The number of hydrogen-bond donors (Lipinski definition) is 2. The van der Waals surface area contributed by atoms with Crippen molar-refractivity contribution in [3.8, 4) is 22.4 Å². The minimum absolute atomic E-state index is 0.0595. The van der Waals surface area contributed by atoms with Crippen LogP contribution in [0.25, 0.3) is 28.0 Å². The molecule has 1 atom stereocenters. The molecule has 5 rings (SSSR count). The van der Waals surface area contributed by atoms with Gasteiger partial charge in [0.1, 0.15) is 5.82 Å². The zero-order valence-electron chi connectivity index (χ0n) is 20.2. The lowest BCUT2D eigenvalue weighted by atomic mass is 9.99. The van der Waals surface area contributed by atoms with Crippen LogP contribution < -0.4 is 5.32 Å². The zero-order valence-corrected chi connectivity index (χ0v) is 20.2. The van der Waals surface area contributed by atoms with Gasteiger partial charge in [0.15, 0.2) is 5.65 Å². The second-order valence-corrected chi connectivity index (χ2v) is 8.73. The number of hydrogen-bond acceptors (Lipinski definition) is 4. The Hall–Kier alpha value is -4.51. The molecule has 38 heavy (non-hydrogen) atoms.